The highest BCUT2D eigenvalue weighted by atomic mass is 28.1. The first-order valence-corrected chi connectivity index (χ1v) is 18.4. The number of fused-ring (bicyclic) bond motifs is 5. The maximum absolute atomic E-state index is 2.47. The average molecular weight is 639 g/mol. The molecule has 7 aromatic carbocycles. The van der Waals surface area contributed by atoms with Crippen molar-refractivity contribution in [1.82, 2.24) is 0 Å². The Labute approximate surface area is 283 Å². The van der Waals surface area contributed by atoms with Crippen LogP contribution < -0.4 is 20.2 Å². The van der Waals surface area contributed by atoms with Crippen molar-refractivity contribution in [3.05, 3.63) is 169 Å². The predicted molar refractivity (Wildman–Crippen MR) is 210 cm³/mol. The second kappa shape index (κ2) is 11.6. The summed E-state index contributed by atoms with van der Waals surface area (Å²) < 4.78 is 0. The van der Waals surface area contributed by atoms with E-state index in [2.05, 4.69) is 181 Å². The molecule has 0 spiro atoms. The Balaban J connectivity index is 1.34. The maximum atomic E-state index is 2.47. The van der Waals surface area contributed by atoms with Gasteiger partial charge in [-0.3, -0.25) is 0 Å². The normalized spacial score (nSPS) is 13.0. The SMILES string of the molecule is CC1(C)c2cc(N(c3ccccc3)c3ccc([SiH3])cc3)ccc2-c2c1cc(N(c1ccccc1)c1ccc([SiH3])cc1)c1ccccc21. The van der Waals surface area contributed by atoms with Crippen molar-refractivity contribution in [1.29, 1.82) is 0 Å². The molecule has 7 aromatic rings. The van der Waals surface area contributed by atoms with Crippen LogP contribution in [-0.2, 0) is 5.41 Å². The highest BCUT2D eigenvalue weighted by molar-refractivity contribution is 6.32. The van der Waals surface area contributed by atoms with E-state index in [1.54, 1.807) is 0 Å². The monoisotopic (exact) mass is 638 g/mol. The Morgan fingerprint density at radius 1 is 0.426 bits per heavy atom. The fourth-order valence-electron chi connectivity index (χ4n) is 7.29. The number of benzene rings is 7. The largest absolute Gasteiger partial charge is 0.310 e. The molecule has 0 bridgehead atoms. The lowest BCUT2D eigenvalue weighted by Crippen LogP contribution is -2.18. The lowest BCUT2D eigenvalue weighted by molar-refractivity contribution is 0.661. The zero-order chi connectivity index (χ0) is 32.1. The summed E-state index contributed by atoms with van der Waals surface area (Å²) in [5.41, 5.74) is 12.3. The second-order valence-corrected chi connectivity index (χ2v) is 15.5. The van der Waals surface area contributed by atoms with Crippen LogP contribution in [0.3, 0.4) is 0 Å². The van der Waals surface area contributed by atoms with Gasteiger partial charge in [0.15, 0.2) is 0 Å². The van der Waals surface area contributed by atoms with E-state index < -0.39 is 0 Å². The second-order valence-electron chi connectivity index (χ2n) is 13.2. The van der Waals surface area contributed by atoms with Crippen LogP contribution in [0.2, 0.25) is 0 Å². The first kappa shape index (κ1) is 29.2. The van der Waals surface area contributed by atoms with E-state index in [9.17, 15) is 0 Å². The zero-order valence-corrected chi connectivity index (χ0v) is 31.4. The molecular weight excluding hydrogens is 601 g/mol. The minimum atomic E-state index is -0.206. The summed E-state index contributed by atoms with van der Waals surface area (Å²) in [5.74, 6) is 0. The number of para-hydroxylation sites is 2. The van der Waals surface area contributed by atoms with Gasteiger partial charge in [-0.1, -0.05) is 115 Å². The van der Waals surface area contributed by atoms with Crippen molar-refractivity contribution in [2.75, 3.05) is 9.80 Å². The Morgan fingerprint density at radius 3 is 1.49 bits per heavy atom. The van der Waals surface area contributed by atoms with E-state index in [-0.39, 0.29) is 5.41 Å². The van der Waals surface area contributed by atoms with Crippen LogP contribution >= 0.6 is 0 Å². The summed E-state index contributed by atoms with van der Waals surface area (Å²) in [6, 6.07) is 58.2. The van der Waals surface area contributed by atoms with Crippen molar-refractivity contribution in [2.45, 2.75) is 19.3 Å². The van der Waals surface area contributed by atoms with Gasteiger partial charge in [0.1, 0.15) is 0 Å². The summed E-state index contributed by atoms with van der Waals surface area (Å²) in [6.45, 7) is 4.79. The number of hydrogen-bond acceptors (Lipinski definition) is 2. The van der Waals surface area contributed by atoms with Crippen LogP contribution in [0.1, 0.15) is 25.0 Å². The van der Waals surface area contributed by atoms with E-state index in [1.807, 2.05) is 0 Å². The molecule has 0 saturated carbocycles. The van der Waals surface area contributed by atoms with Gasteiger partial charge in [-0.2, -0.15) is 0 Å². The van der Waals surface area contributed by atoms with Crippen LogP contribution in [0.4, 0.5) is 34.1 Å². The molecule has 0 aromatic heterocycles. The number of anilines is 6. The van der Waals surface area contributed by atoms with Crippen molar-refractivity contribution in [3.8, 4) is 11.1 Å². The van der Waals surface area contributed by atoms with Gasteiger partial charge in [0.2, 0.25) is 0 Å². The third-order valence-corrected chi connectivity index (χ3v) is 11.1. The molecule has 0 aliphatic heterocycles. The first-order chi connectivity index (χ1) is 22.9. The molecule has 1 aliphatic rings. The summed E-state index contributed by atoms with van der Waals surface area (Å²) in [7, 11) is 2.08. The topological polar surface area (TPSA) is 6.48 Å². The maximum Gasteiger partial charge on any atom is 0.0543 e. The molecule has 0 N–H and O–H groups in total. The van der Waals surface area contributed by atoms with Crippen LogP contribution in [0.5, 0.6) is 0 Å². The number of nitrogens with zero attached hydrogens (tertiary/aromatic N) is 2. The lowest BCUT2D eigenvalue weighted by atomic mass is 9.81. The molecule has 0 fully saturated rings. The Morgan fingerprint density at radius 2 is 0.894 bits per heavy atom. The minimum Gasteiger partial charge on any atom is -0.310 e. The molecule has 4 heteroatoms. The van der Waals surface area contributed by atoms with Crippen LogP contribution in [-0.4, -0.2) is 20.5 Å². The molecule has 47 heavy (non-hydrogen) atoms. The van der Waals surface area contributed by atoms with Gasteiger partial charge < -0.3 is 9.80 Å². The van der Waals surface area contributed by atoms with Crippen molar-refractivity contribution in [3.63, 3.8) is 0 Å². The molecule has 0 saturated heterocycles. The van der Waals surface area contributed by atoms with Crippen molar-refractivity contribution < 1.29 is 0 Å². The van der Waals surface area contributed by atoms with Crippen molar-refractivity contribution in [2.24, 2.45) is 0 Å². The molecule has 228 valence electrons. The summed E-state index contributed by atoms with van der Waals surface area (Å²) >= 11 is 0. The molecule has 0 unspecified atom stereocenters. The lowest BCUT2D eigenvalue weighted by Gasteiger charge is -2.30. The Hall–Kier alpha value is -5.17. The van der Waals surface area contributed by atoms with Crippen LogP contribution in [0.15, 0.2) is 158 Å². The highest BCUT2D eigenvalue weighted by Crippen LogP contribution is 2.55. The summed E-state index contributed by atoms with van der Waals surface area (Å²) in [5, 5.41) is 5.34. The number of rotatable bonds is 6. The Bertz CT molecular complexity index is 2230. The fourth-order valence-corrected chi connectivity index (χ4v) is 7.96. The van der Waals surface area contributed by atoms with E-state index >= 15 is 0 Å². The summed E-state index contributed by atoms with van der Waals surface area (Å²) in [4.78, 5) is 4.83. The number of hydrogen-bond donors (Lipinski definition) is 0. The van der Waals surface area contributed by atoms with Crippen molar-refractivity contribution >= 4 is 75.8 Å². The molecule has 8 rings (SSSR count). The van der Waals surface area contributed by atoms with Crippen LogP contribution in [0, 0.1) is 0 Å². The first-order valence-electron chi connectivity index (χ1n) is 16.4. The fraction of sp³-hybridized carbons (Fsp3) is 0.0698. The smallest absolute Gasteiger partial charge is 0.0543 e. The quantitative estimate of drug-likeness (QED) is 0.170. The molecule has 0 heterocycles. The third kappa shape index (κ3) is 5.01. The standard InChI is InChI=1S/C43H38N2Si2/c1-43(2)39-27-33(44(29-11-5-3-6-12-29)31-17-22-34(46)23-18-31)21-26-38(39)42-37-16-10-9-15-36(37)41(28-40(42)43)45(30-13-7-4-8-14-30)32-19-24-35(47)25-20-32/h3-28H,1-2,46-47H3. The van der Waals surface area contributed by atoms with Crippen LogP contribution in [0.25, 0.3) is 21.9 Å². The van der Waals surface area contributed by atoms with E-state index in [0.29, 0.717) is 0 Å². The summed E-state index contributed by atoms with van der Waals surface area (Å²) in [6.07, 6.45) is 0. The van der Waals surface area contributed by atoms with E-state index in [1.165, 1.54) is 66.1 Å². The molecule has 0 amide bonds. The van der Waals surface area contributed by atoms with E-state index in [4.69, 9.17) is 0 Å². The molecule has 0 radical (unpaired) electrons. The van der Waals surface area contributed by atoms with E-state index in [0.717, 1.165) is 31.9 Å². The average Bonchev–Trinajstić information content (AvgIpc) is 3.33. The molecule has 1 aliphatic carbocycles. The van der Waals surface area contributed by atoms with Gasteiger partial charge in [0, 0.05) is 59.7 Å². The van der Waals surface area contributed by atoms with Gasteiger partial charge >= 0.3 is 0 Å². The van der Waals surface area contributed by atoms with Gasteiger partial charge in [0.05, 0.1) is 5.69 Å². The molecule has 2 nitrogen and oxygen atoms in total. The van der Waals surface area contributed by atoms with Gasteiger partial charge in [0.25, 0.3) is 0 Å². The predicted octanol–water partition coefficient (Wildman–Crippen LogP) is 8.07. The Kier molecular flexibility index (Phi) is 7.20. The zero-order valence-electron chi connectivity index (χ0n) is 27.4. The molecular formula is C43H38N2Si2. The third-order valence-electron chi connectivity index (χ3n) is 9.75. The van der Waals surface area contributed by atoms with Gasteiger partial charge in [-0.05, 0) is 94.4 Å². The van der Waals surface area contributed by atoms with Gasteiger partial charge in [-0.15, -0.1) is 0 Å². The molecule has 0 atom stereocenters. The minimum absolute atomic E-state index is 0.206. The highest BCUT2D eigenvalue weighted by Gasteiger charge is 2.38. The van der Waals surface area contributed by atoms with Gasteiger partial charge in [-0.25, -0.2) is 0 Å².